The van der Waals surface area contributed by atoms with E-state index in [4.69, 9.17) is 14.2 Å². The highest BCUT2D eigenvalue weighted by molar-refractivity contribution is 6.05. The first kappa shape index (κ1) is 26.9. The van der Waals surface area contributed by atoms with Crippen molar-refractivity contribution in [2.45, 2.75) is 57.3 Å². The van der Waals surface area contributed by atoms with E-state index in [0.29, 0.717) is 31.8 Å². The van der Waals surface area contributed by atoms with E-state index in [1.54, 1.807) is 12.1 Å². The number of rotatable bonds is 6. The van der Waals surface area contributed by atoms with E-state index in [-0.39, 0.29) is 42.0 Å². The summed E-state index contributed by atoms with van der Waals surface area (Å²) in [6.07, 6.45) is -4.20. The predicted molar refractivity (Wildman–Crippen MR) is 132 cm³/mol. The molecule has 210 valence electrons. The number of hydrogen-bond acceptors (Lipinski definition) is 9. The Morgan fingerprint density at radius 3 is 2.69 bits per heavy atom. The van der Waals surface area contributed by atoms with Crippen molar-refractivity contribution in [3.8, 4) is 5.88 Å². The average molecular weight is 552 g/mol. The number of nitrogens with one attached hydrogen (secondary N) is 2. The Morgan fingerprint density at radius 2 is 2.03 bits per heavy atom. The first-order valence-corrected chi connectivity index (χ1v) is 12.4. The van der Waals surface area contributed by atoms with Gasteiger partial charge in [0.1, 0.15) is 24.4 Å². The molecule has 5 rings (SSSR count). The summed E-state index contributed by atoms with van der Waals surface area (Å²) in [5.74, 6) is -1.08. The van der Waals surface area contributed by atoms with Gasteiger partial charge in [0.15, 0.2) is 17.4 Å². The zero-order chi connectivity index (χ0) is 27.9. The van der Waals surface area contributed by atoms with Crippen molar-refractivity contribution in [1.29, 1.82) is 0 Å². The van der Waals surface area contributed by atoms with Crippen LogP contribution in [0.3, 0.4) is 0 Å². The fourth-order valence-electron chi connectivity index (χ4n) is 4.61. The minimum Gasteiger partial charge on any atom is -0.474 e. The van der Waals surface area contributed by atoms with Gasteiger partial charge in [-0.25, -0.2) is 9.78 Å². The van der Waals surface area contributed by atoms with Gasteiger partial charge in [0, 0.05) is 19.2 Å². The van der Waals surface area contributed by atoms with Crippen molar-refractivity contribution in [1.82, 2.24) is 20.5 Å². The quantitative estimate of drug-likeness (QED) is 0.556. The smallest absolute Gasteiger partial charge is 0.408 e. The molecule has 5 heterocycles. The van der Waals surface area contributed by atoms with Crippen molar-refractivity contribution in [2.75, 3.05) is 41.4 Å². The van der Waals surface area contributed by atoms with Crippen LogP contribution in [0.15, 0.2) is 24.3 Å². The highest BCUT2D eigenvalue weighted by Crippen LogP contribution is 2.39. The zero-order valence-electron chi connectivity index (χ0n) is 21.5. The topological polar surface area (TPSA) is 131 Å². The van der Waals surface area contributed by atoms with Gasteiger partial charge in [-0.15, -0.1) is 10.2 Å². The molecule has 1 unspecified atom stereocenters. The number of ether oxygens (including phenoxy) is 3. The molecule has 3 aliphatic heterocycles. The SMILES string of the molecule is CC(NC(=O)c1ccc2c(n1)N(C(=O)Nc1ccc(OC[C@H]3COC(C)(C)O3)nn1)[C@H]1CCN2C1)C(F)(F)F. The molecule has 39 heavy (non-hydrogen) atoms. The molecule has 0 spiro atoms. The third-order valence-electron chi connectivity index (χ3n) is 6.60. The molecule has 3 amide bonds. The Kier molecular flexibility index (Phi) is 6.97. The van der Waals surface area contributed by atoms with E-state index in [1.165, 1.54) is 17.0 Å². The number of hydrogen-bond donors (Lipinski definition) is 2. The first-order chi connectivity index (χ1) is 18.4. The van der Waals surface area contributed by atoms with Crippen LogP contribution in [0.2, 0.25) is 0 Å². The summed E-state index contributed by atoms with van der Waals surface area (Å²) in [6, 6.07) is 3.15. The van der Waals surface area contributed by atoms with Gasteiger partial charge in [-0.05, 0) is 45.4 Å². The Balaban J connectivity index is 1.27. The Hall–Kier alpha value is -3.72. The lowest BCUT2D eigenvalue weighted by molar-refractivity contribution is -0.149. The molecule has 2 saturated heterocycles. The number of carbonyl (C=O) groups excluding carboxylic acids is 2. The normalized spacial score (nSPS) is 22.3. The molecule has 0 saturated carbocycles. The second kappa shape index (κ2) is 10.1. The van der Waals surface area contributed by atoms with Crippen molar-refractivity contribution in [3.05, 3.63) is 30.0 Å². The van der Waals surface area contributed by atoms with Gasteiger partial charge in [0.2, 0.25) is 5.88 Å². The second-order valence-corrected chi connectivity index (χ2v) is 9.98. The van der Waals surface area contributed by atoms with E-state index in [2.05, 4.69) is 20.5 Å². The number of halogens is 3. The molecular weight excluding hydrogens is 523 g/mol. The molecule has 2 bridgehead atoms. The molecule has 3 aliphatic rings. The lowest BCUT2D eigenvalue weighted by Crippen LogP contribution is -2.49. The fourth-order valence-corrected chi connectivity index (χ4v) is 4.61. The monoisotopic (exact) mass is 551 g/mol. The Bertz CT molecular complexity index is 1240. The molecule has 15 heteroatoms. The molecule has 0 radical (unpaired) electrons. The van der Waals surface area contributed by atoms with Crippen molar-refractivity contribution in [3.63, 3.8) is 0 Å². The van der Waals surface area contributed by atoms with E-state index in [9.17, 15) is 22.8 Å². The van der Waals surface area contributed by atoms with Crippen LogP contribution in [0.4, 0.5) is 35.3 Å². The van der Waals surface area contributed by atoms with Gasteiger partial charge in [0.25, 0.3) is 5.91 Å². The minimum absolute atomic E-state index is 0.156. The highest BCUT2D eigenvalue weighted by Gasteiger charge is 2.41. The summed E-state index contributed by atoms with van der Waals surface area (Å²) < 4.78 is 55.5. The van der Waals surface area contributed by atoms with Gasteiger partial charge in [-0.2, -0.15) is 13.2 Å². The Morgan fingerprint density at radius 1 is 1.23 bits per heavy atom. The molecule has 0 aromatic carbocycles. The standard InChI is InChI=1S/C24H28F3N7O5/c1-13(24(25,26)27)28-21(35)16-4-5-17-20(29-16)34(14-8-9-33(17)10-14)22(36)30-18-6-7-19(32-31-18)37-11-15-12-38-23(2,3)39-15/h4-7,13-15H,8-12H2,1-3H3,(H,28,35)(H,30,31,36)/t13?,14-,15-/m0/s1. The molecule has 2 N–H and O–H groups in total. The van der Waals surface area contributed by atoms with Gasteiger partial charge in [-0.1, -0.05) is 0 Å². The van der Waals surface area contributed by atoms with Crippen molar-refractivity contribution in [2.24, 2.45) is 0 Å². The highest BCUT2D eigenvalue weighted by atomic mass is 19.4. The van der Waals surface area contributed by atoms with Crippen LogP contribution < -0.4 is 25.2 Å². The second-order valence-electron chi connectivity index (χ2n) is 9.98. The molecular formula is C24H28F3N7O5. The van der Waals surface area contributed by atoms with E-state index in [1.807, 2.05) is 24.1 Å². The number of fused-ring (bicyclic) bond motifs is 4. The number of carbonyl (C=O) groups is 2. The minimum atomic E-state index is -4.60. The predicted octanol–water partition coefficient (Wildman–Crippen LogP) is 2.71. The van der Waals surface area contributed by atoms with Crippen LogP contribution in [0, 0.1) is 0 Å². The third kappa shape index (κ3) is 5.83. The number of anilines is 3. The van der Waals surface area contributed by atoms with Crippen molar-refractivity contribution < 1.29 is 37.0 Å². The van der Waals surface area contributed by atoms with E-state index >= 15 is 0 Å². The van der Waals surface area contributed by atoms with Gasteiger partial charge < -0.3 is 24.4 Å². The largest absolute Gasteiger partial charge is 0.474 e. The number of nitrogens with zero attached hydrogens (tertiary/aromatic N) is 5. The number of amides is 3. The number of alkyl halides is 3. The summed E-state index contributed by atoms with van der Waals surface area (Å²) in [6.45, 7) is 6.30. The van der Waals surface area contributed by atoms with Crippen LogP contribution in [-0.4, -0.2) is 83.6 Å². The van der Waals surface area contributed by atoms with Crippen LogP contribution in [-0.2, 0) is 9.47 Å². The maximum atomic E-state index is 13.3. The number of pyridine rings is 1. The summed E-state index contributed by atoms with van der Waals surface area (Å²) >= 11 is 0. The Labute approximate surface area is 221 Å². The van der Waals surface area contributed by atoms with Gasteiger partial charge >= 0.3 is 12.2 Å². The molecule has 0 aliphatic carbocycles. The first-order valence-electron chi connectivity index (χ1n) is 12.4. The summed E-state index contributed by atoms with van der Waals surface area (Å²) in [5.41, 5.74) is 0.377. The zero-order valence-corrected chi connectivity index (χ0v) is 21.5. The molecule has 2 aromatic heterocycles. The number of urea groups is 1. The molecule has 2 fully saturated rings. The summed E-state index contributed by atoms with van der Waals surface area (Å²) in [7, 11) is 0. The lowest BCUT2D eigenvalue weighted by Gasteiger charge is -2.35. The van der Waals surface area contributed by atoms with Crippen LogP contribution in [0.25, 0.3) is 0 Å². The maximum Gasteiger partial charge on any atom is 0.408 e. The van der Waals surface area contributed by atoms with Crippen molar-refractivity contribution >= 4 is 29.3 Å². The van der Waals surface area contributed by atoms with Crippen LogP contribution >= 0.6 is 0 Å². The van der Waals surface area contributed by atoms with Crippen LogP contribution in [0.5, 0.6) is 5.88 Å². The van der Waals surface area contributed by atoms with Gasteiger partial charge in [-0.3, -0.25) is 15.0 Å². The molecule has 12 nitrogen and oxygen atoms in total. The lowest BCUT2D eigenvalue weighted by atomic mass is 10.1. The fraction of sp³-hybridized carbons (Fsp3) is 0.542. The number of aromatic nitrogens is 3. The van der Waals surface area contributed by atoms with Gasteiger partial charge in [0.05, 0.1) is 18.3 Å². The van der Waals surface area contributed by atoms with E-state index in [0.717, 1.165) is 6.92 Å². The third-order valence-corrected chi connectivity index (χ3v) is 6.60. The van der Waals surface area contributed by atoms with Crippen LogP contribution in [0.1, 0.15) is 37.7 Å². The molecule has 3 atom stereocenters. The van der Waals surface area contributed by atoms with E-state index < -0.39 is 29.9 Å². The average Bonchev–Trinajstić information content (AvgIpc) is 3.45. The summed E-state index contributed by atoms with van der Waals surface area (Å²) in [5, 5.41) is 12.6. The summed E-state index contributed by atoms with van der Waals surface area (Å²) in [4.78, 5) is 33.5. The maximum absolute atomic E-state index is 13.3. The molecule has 2 aromatic rings.